The highest BCUT2D eigenvalue weighted by atomic mass is 32.2. The fourth-order valence-electron chi connectivity index (χ4n) is 3.36. The van der Waals surface area contributed by atoms with E-state index in [0.717, 1.165) is 39.0 Å². The van der Waals surface area contributed by atoms with Gasteiger partial charge in [-0.15, -0.1) is 11.8 Å². The second kappa shape index (κ2) is 8.83. The molecule has 0 spiro atoms. The summed E-state index contributed by atoms with van der Waals surface area (Å²) >= 11 is 1.62. The van der Waals surface area contributed by atoms with Crippen LogP contribution in [-0.4, -0.2) is 36.2 Å². The van der Waals surface area contributed by atoms with Crippen LogP contribution in [0.25, 0.3) is 0 Å². The number of hydrogen-bond acceptors (Lipinski definition) is 6. The molecule has 0 saturated carbocycles. The van der Waals surface area contributed by atoms with Crippen LogP contribution in [0.4, 0.5) is 0 Å². The predicted octanol–water partition coefficient (Wildman–Crippen LogP) is 4.63. The molecule has 1 aliphatic heterocycles. The molecule has 2 heterocycles. The Morgan fingerprint density at radius 1 is 1.10 bits per heavy atom. The molecule has 0 saturated heterocycles. The Kier molecular flexibility index (Phi) is 5.99. The lowest BCUT2D eigenvalue weighted by atomic mass is 10.1. The third-order valence-electron chi connectivity index (χ3n) is 5.04. The van der Waals surface area contributed by atoms with E-state index in [4.69, 9.17) is 14.0 Å². The lowest BCUT2D eigenvalue weighted by Crippen LogP contribution is -2.26. The largest absolute Gasteiger partial charge is 0.486 e. The van der Waals surface area contributed by atoms with Crippen molar-refractivity contribution in [1.82, 2.24) is 10.1 Å². The van der Waals surface area contributed by atoms with Crippen LogP contribution in [0.2, 0.25) is 0 Å². The van der Waals surface area contributed by atoms with Crippen molar-refractivity contribution in [3.63, 3.8) is 0 Å². The first-order valence-corrected chi connectivity index (χ1v) is 10.8. The van der Waals surface area contributed by atoms with Gasteiger partial charge < -0.3 is 18.9 Å². The van der Waals surface area contributed by atoms with E-state index in [1.807, 2.05) is 63.4 Å². The minimum Gasteiger partial charge on any atom is -0.486 e. The Hall–Kier alpha value is -2.93. The van der Waals surface area contributed by atoms with Crippen molar-refractivity contribution in [2.24, 2.45) is 0 Å². The summed E-state index contributed by atoms with van der Waals surface area (Å²) in [4.78, 5) is 15.8. The van der Waals surface area contributed by atoms with Gasteiger partial charge in [0.1, 0.15) is 19.0 Å². The number of amides is 1. The molecular formula is C23H24N2O4S. The highest BCUT2D eigenvalue weighted by molar-refractivity contribution is 7.98. The maximum absolute atomic E-state index is 13.2. The van der Waals surface area contributed by atoms with Gasteiger partial charge in [-0.05, 0) is 43.7 Å². The molecule has 7 heteroatoms. The molecule has 0 fully saturated rings. The lowest BCUT2D eigenvalue weighted by molar-refractivity contribution is 0.0781. The van der Waals surface area contributed by atoms with Gasteiger partial charge in [0.25, 0.3) is 5.91 Å². The number of benzene rings is 2. The number of carbonyl (C=O) groups excluding carboxylic acids is 1. The van der Waals surface area contributed by atoms with Gasteiger partial charge in [0.2, 0.25) is 0 Å². The van der Waals surface area contributed by atoms with E-state index < -0.39 is 0 Å². The molecule has 30 heavy (non-hydrogen) atoms. The van der Waals surface area contributed by atoms with Crippen LogP contribution in [0.15, 0.2) is 51.9 Å². The summed E-state index contributed by atoms with van der Waals surface area (Å²) in [7, 11) is 1.81. The molecule has 156 valence electrons. The van der Waals surface area contributed by atoms with Crippen LogP contribution < -0.4 is 9.47 Å². The van der Waals surface area contributed by atoms with Crippen molar-refractivity contribution >= 4 is 17.7 Å². The van der Waals surface area contributed by atoms with Gasteiger partial charge in [0.05, 0.1) is 11.3 Å². The fourth-order valence-corrected chi connectivity index (χ4v) is 4.56. The summed E-state index contributed by atoms with van der Waals surface area (Å²) in [5.74, 6) is 2.98. The number of aryl methyl sites for hydroxylation is 2. The van der Waals surface area contributed by atoms with Crippen molar-refractivity contribution in [2.45, 2.75) is 31.0 Å². The third kappa shape index (κ3) is 4.31. The summed E-state index contributed by atoms with van der Waals surface area (Å²) in [5.41, 5.74) is 3.65. The van der Waals surface area contributed by atoms with E-state index in [2.05, 4.69) is 5.16 Å². The lowest BCUT2D eigenvalue weighted by Gasteiger charge is -2.22. The first-order valence-electron chi connectivity index (χ1n) is 9.80. The van der Waals surface area contributed by atoms with Crippen molar-refractivity contribution in [3.05, 3.63) is 70.6 Å². The molecular weight excluding hydrogens is 400 g/mol. The highest BCUT2D eigenvalue weighted by Crippen LogP contribution is 2.32. The Bertz CT molecular complexity index is 1040. The zero-order valence-electron chi connectivity index (χ0n) is 17.3. The number of aromatic nitrogens is 1. The van der Waals surface area contributed by atoms with Gasteiger partial charge in [-0.2, -0.15) is 0 Å². The van der Waals surface area contributed by atoms with Crippen molar-refractivity contribution in [3.8, 4) is 11.5 Å². The van der Waals surface area contributed by atoms with Crippen LogP contribution in [0.3, 0.4) is 0 Å². The molecule has 0 N–H and O–H groups in total. The average Bonchev–Trinajstić information content (AvgIpc) is 3.09. The van der Waals surface area contributed by atoms with Gasteiger partial charge in [0.15, 0.2) is 11.5 Å². The predicted molar refractivity (Wildman–Crippen MR) is 115 cm³/mol. The molecule has 1 aliphatic rings. The van der Waals surface area contributed by atoms with Gasteiger partial charge in [0, 0.05) is 29.8 Å². The van der Waals surface area contributed by atoms with Crippen LogP contribution in [0, 0.1) is 13.8 Å². The summed E-state index contributed by atoms with van der Waals surface area (Å²) in [6, 6.07) is 13.5. The van der Waals surface area contributed by atoms with Gasteiger partial charge in [-0.3, -0.25) is 4.79 Å². The van der Waals surface area contributed by atoms with Crippen LogP contribution in [-0.2, 0) is 12.3 Å². The number of thioether (sulfide) groups is 1. The second-order valence-corrected chi connectivity index (χ2v) is 8.24. The maximum atomic E-state index is 13.2. The molecule has 3 aromatic rings. The smallest absolute Gasteiger partial charge is 0.255 e. The van der Waals surface area contributed by atoms with E-state index in [9.17, 15) is 4.79 Å². The zero-order chi connectivity index (χ0) is 21.1. The first kappa shape index (κ1) is 20.3. The Morgan fingerprint density at radius 2 is 1.87 bits per heavy atom. The van der Waals surface area contributed by atoms with Crippen molar-refractivity contribution in [2.75, 3.05) is 20.3 Å². The number of ether oxygens (including phenoxy) is 2. The summed E-state index contributed by atoms with van der Waals surface area (Å²) < 4.78 is 16.5. The van der Waals surface area contributed by atoms with E-state index in [1.165, 1.54) is 0 Å². The molecule has 0 bridgehead atoms. The van der Waals surface area contributed by atoms with E-state index in [0.29, 0.717) is 31.1 Å². The highest BCUT2D eigenvalue weighted by Gasteiger charge is 2.19. The Labute approximate surface area is 180 Å². The molecule has 1 aromatic heterocycles. The van der Waals surface area contributed by atoms with Crippen LogP contribution >= 0.6 is 11.8 Å². The molecule has 0 unspecified atom stereocenters. The fraction of sp³-hybridized carbons (Fsp3) is 0.304. The molecule has 6 nitrogen and oxygen atoms in total. The van der Waals surface area contributed by atoms with Crippen LogP contribution in [0.1, 0.15) is 32.9 Å². The van der Waals surface area contributed by atoms with E-state index in [1.54, 1.807) is 16.7 Å². The average molecular weight is 425 g/mol. The standard InChI is InChI=1S/C23H24N2O4S/c1-15-19(16(2)29-24-15)14-30-22-7-5-4-6-18(22)23(26)25(3)13-17-8-9-20-21(12-17)28-11-10-27-20/h4-9,12H,10-11,13-14H2,1-3H3. The molecule has 1 amide bonds. The molecule has 4 rings (SSSR count). The summed E-state index contributed by atoms with van der Waals surface area (Å²) in [6.07, 6.45) is 0. The normalized spacial score (nSPS) is 12.6. The SMILES string of the molecule is Cc1noc(C)c1CSc1ccccc1C(=O)N(C)Cc1ccc2c(c1)OCCO2. The topological polar surface area (TPSA) is 64.8 Å². The number of rotatable bonds is 6. The van der Waals surface area contributed by atoms with Gasteiger partial charge in [-0.1, -0.05) is 23.4 Å². The summed E-state index contributed by atoms with van der Waals surface area (Å²) in [5, 5.41) is 4.01. The van der Waals surface area contributed by atoms with Crippen molar-refractivity contribution < 1.29 is 18.8 Å². The van der Waals surface area contributed by atoms with E-state index in [-0.39, 0.29) is 5.91 Å². The molecule has 0 radical (unpaired) electrons. The van der Waals surface area contributed by atoms with Crippen LogP contribution in [0.5, 0.6) is 11.5 Å². The third-order valence-corrected chi connectivity index (χ3v) is 6.14. The molecule has 2 aromatic carbocycles. The summed E-state index contributed by atoms with van der Waals surface area (Å²) in [6.45, 7) is 5.44. The minimum absolute atomic E-state index is 0.0215. The molecule has 0 atom stereocenters. The Balaban J connectivity index is 1.47. The first-order chi connectivity index (χ1) is 14.5. The minimum atomic E-state index is -0.0215. The quantitative estimate of drug-likeness (QED) is 0.538. The maximum Gasteiger partial charge on any atom is 0.255 e. The number of carbonyl (C=O) groups is 1. The number of fused-ring (bicyclic) bond motifs is 1. The monoisotopic (exact) mass is 424 g/mol. The van der Waals surface area contributed by atoms with Crippen molar-refractivity contribution in [1.29, 1.82) is 0 Å². The van der Waals surface area contributed by atoms with Gasteiger partial charge in [-0.25, -0.2) is 0 Å². The zero-order valence-corrected chi connectivity index (χ0v) is 18.1. The number of nitrogens with zero attached hydrogens (tertiary/aromatic N) is 2. The second-order valence-electron chi connectivity index (χ2n) is 7.23. The number of hydrogen-bond donors (Lipinski definition) is 0. The molecule has 0 aliphatic carbocycles. The Morgan fingerprint density at radius 3 is 2.63 bits per heavy atom. The van der Waals surface area contributed by atoms with Gasteiger partial charge >= 0.3 is 0 Å². The van der Waals surface area contributed by atoms with E-state index >= 15 is 0 Å².